The molecule has 0 saturated heterocycles. The van der Waals surface area contributed by atoms with E-state index in [-0.39, 0.29) is 0 Å². The highest BCUT2D eigenvalue weighted by atomic mass is 16.5. The van der Waals surface area contributed by atoms with Crippen molar-refractivity contribution in [1.29, 1.82) is 0 Å². The Hall–Kier alpha value is -3.27. The van der Waals surface area contributed by atoms with Crippen LogP contribution in [-0.4, -0.2) is 13.4 Å². The molecule has 0 bridgehead atoms. The summed E-state index contributed by atoms with van der Waals surface area (Å²) in [7, 11) is 1.61. The van der Waals surface area contributed by atoms with Crippen LogP contribution in [0.15, 0.2) is 72.8 Å². The minimum atomic E-state index is 0.334. The summed E-state index contributed by atoms with van der Waals surface area (Å²) in [5.41, 5.74) is 2.55. The SMILES string of the molecule is COc1cc(COc2ccccc2C=O)ccc1OCc1ccccc1. The Morgan fingerprint density at radius 3 is 2.19 bits per heavy atom. The molecule has 0 atom stereocenters. The van der Waals surface area contributed by atoms with Crippen LogP contribution in [0.25, 0.3) is 0 Å². The highest BCUT2D eigenvalue weighted by molar-refractivity contribution is 5.79. The zero-order chi connectivity index (χ0) is 18.2. The Bertz CT molecular complexity index is 859. The van der Waals surface area contributed by atoms with Gasteiger partial charge in [0, 0.05) is 0 Å². The third-order valence-electron chi connectivity index (χ3n) is 3.91. The van der Waals surface area contributed by atoms with E-state index in [1.165, 1.54) is 0 Å². The number of benzene rings is 3. The van der Waals surface area contributed by atoms with Crippen molar-refractivity contribution in [2.75, 3.05) is 7.11 Å². The molecule has 0 radical (unpaired) electrons. The summed E-state index contributed by atoms with van der Waals surface area (Å²) in [5.74, 6) is 1.88. The summed E-state index contributed by atoms with van der Waals surface area (Å²) >= 11 is 0. The number of ether oxygens (including phenoxy) is 3. The number of hydrogen-bond acceptors (Lipinski definition) is 4. The zero-order valence-corrected chi connectivity index (χ0v) is 14.6. The Labute approximate surface area is 153 Å². The third-order valence-corrected chi connectivity index (χ3v) is 3.91. The predicted molar refractivity (Wildman–Crippen MR) is 99.9 cm³/mol. The van der Waals surface area contributed by atoms with Gasteiger partial charge in [-0.25, -0.2) is 0 Å². The minimum absolute atomic E-state index is 0.334. The number of rotatable bonds is 8. The monoisotopic (exact) mass is 348 g/mol. The molecule has 0 unspecified atom stereocenters. The van der Waals surface area contributed by atoms with E-state index in [2.05, 4.69) is 0 Å². The van der Waals surface area contributed by atoms with Crippen molar-refractivity contribution in [2.45, 2.75) is 13.2 Å². The number of carbonyl (C=O) groups is 1. The van der Waals surface area contributed by atoms with E-state index >= 15 is 0 Å². The summed E-state index contributed by atoms with van der Waals surface area (Å²) in [6.45, 7) is 0.805. The standard InChI is InChI=1S/C22H20O4/c1-24-22-13-18(16-25-20-10-6-5-9-19(20)14-23)11-12-21(22)26-15-17-7-3-2-4-8-17/h2-14H,15-16H2,1H3. The fourth-order valence-electron chi connectivity index (χ4n) is 2.53. The highest BCUT2D eigenvalue weighted by Gasteiger charge is 2.08. The molecule has 0 N–H and O–H groups in total. The molecule has 0 aromatic heterocycles. The van der Waals surface area contributed by atoms with Gasteiger partial charge in [0.2, 0.25) is 0 Å². The van der Waals surface area contributed by atoms with Crippen LogP contribution < -0.4 is 14.2 Å². The average molecular weight is 348 g/mol. The van der Waals surface area contributed by atoms with Gasteiger partial charge in [0.15, 0.2) is 17.8 Å². The fraction of sp³-hybridized carbons (Fsp3) is 0.136. The van der Waals surface area contributed by atoms with E-state index in [9.17, 15) is 4.79 Å². The molecule has 3 rings (SSSR count). The van der Waals surface area contributed by atoms with Crippen molar-refractivity contribution in [2.24, 2.45) is 0 Å². The topological polar surface area (TPSA) is 44.8 Å². The Balaban J connectivity index is 1.67. The third kappa shape index (κ3) is 4.42. The Morgan fingerprint density at radius 1 is 0.731 bits per heavy atom. The molecule has 0 amide bonds. The minimum Gasteiger partial charge on any atom is -0.493 e. The summed E-state index contributed by atoms with van der Waals surface area (Å²) < 4.78 is 17.0. The van der Waals surface area contributed by atoms with Crippen molar-refractivity contribution in [3.05, 3.63) is 89.5 Å². The second kappa shape index (κ2) is 8.72. The summed E-state index contributed by atoms with van der Waals surface area (Å²) in [6, 6.07) is 22.8. The first-order valence-electron chi connectivity index (χ1n) is 8.31. The molecular formula is C22H20O4. The van der Waals surface area contributed by atoms with Crippen LogP contribution in [0.1, 0.15) is 21.5 Å². The first kappa shape index (κ1) is 17.5. The molecule has 0 aliphatic rings. The smallest absolute Gasteiger partial charge is 0.161 e. The predicted octanol–water partition coefficient (Wildman–Crippen LogP) is 4.67. The van der Waals surface area contributed by atoms with Gasteiger partial charge in [-0.1, -0.05) is 48.5 Å². The first-order valence-corrected chi connectivity index (χ1v) is 8.31. The van der Waals surface area contributed by atoms with Crippen molar-refractivity contribution in [1.82, 2.24) is 0 Å². The Kier molecular flexibility index (Phi) is 5.88. The lowest BCUT2D eigenvalue weighted by molar-refractivity contribution is 0.111. The van der Waals surface area contributed by atoms with E-state index in [4.69, 9.17) is 14.2 Å². The molecule has 0 saturated carbocycles. The first-order chi connectivity index (χ1) is 12.8. The van der Waals surface area contributed by atoms with Crippen LogP contribution in [0.3, 0.4) is 0 Å². The lowest BCUT2D eigenvalue weighted by Gasteiger charge is -2.13. The van der Waals surface area contributed by atoms with Gasteiger partial charge < -0.3 is 14.2 Å². The molecule has 0 fully saturated rings. The van der Waals surface area contributed by atoms with E-state index in [1.54, 1.807) is 25.3 Å². The molecule has 4 nitrogen and oxygen atoms in total. The summed E-state index contributed by atoms with van der Waals surface area (Å²) in [6.07, 6.45) is 0.788. The van der Waals surface area contributed by atoms with Gasteiger partial charge >= 0.3 is 0 Å². The van der Waals surface area contributed by atoms with Gasteiger partial charge in [0.1, 0.15) is 19.0 Å². The van der Waals surface area contributed by atoms with Crippen molar-refractivity contribution in [3.63, 3.8) is 0 Å². The maximum absolute atomic E-state index is 11.1. The average Bonchev–Trinajstić information content (AvgIpc) is 2.71. The highest BCUT2D eigenvalue weighted by Crippen LogP contribution is 2.29. The lowest BCUT2D eigenvalue weighted by Crippen LogP contribution is -2.01. The van der Waals surface area contributed by atoms with Crippen LogP contribution >= 0.6 is 0 Å². The largest absolute Gasteiger partial charge is 0.493 e. The normalized spacial score (nSPS) is 10.2. The molecule has 0 aliphatic heterocycles. The molecule has 0 spiro atoms. The van der Waals surface area contributed by atoms with Crippen LogP contribution in [0.2, 0.25) is 0 Å². The van der Waals surface area contributed by atoms with Crippen LogP contribution in [0.5, 0.6) is 17.2 Å². The van der Waals surface area contributed by atoms with Gasteiger partial charge in [-0.05, 0) is 35.4 Å². The Morgan fingerprint density at radius 2 is 1.42 bits per heavy atom. The van der Waals surface area contributed by atoms with E-state index in [0.29, 0.717) is 36.0 Å². The lowest BCUT2D eigenvalue weighted by atomic mass is 10.2. The quantitative estimate of drug-likeness (QED) is 0.555. The van der Waals surface area contributed by atoms with Gasteiger partial charge in [-0.15, -0.1) is 0 Å². The maximum atomic E-state index is 11.1. The molecular weight excluding hydrogens is 328 g/mol. The van der Waals surface area contributed by atoms with E-state index < -0.39 is 0 Å². The molecule has 3 aromatic rings. The van der Waals surface area contributed by atoms with E-state index in [1.807, 2.05) is 54.6 Å². The van der Waals surface area contributed by atoms with Gasteiger partial charge in [0.25, 0.3) is 0 Å². The molecule has 0 aliphatic carbocycles. The van der Waals surface area contributed by atoms with Crippen molar-refractivity contribution in [3.8, 4) is 17.2 Å². The van der Waals surface area contributed by atoms with Crippen molar-refractivity contribution >= 4 is 6.29 Å². The number of carbonyl (C=O) groups excluding carboxylic acids is 1. The fourth-order valence-corrected chi connectivity index (χ4v) is 2.53. The molecule has 26 heavy (non-hydrogen) atoms. The number of methoxy groups -OCH3 is 1. The molecule has 132 valence electrons. The molecule has 3 aromatic carbocycles. The number of hydrogen-bond donors (Lipinski definition) is 0. The van der Waals surface area contributed by atoms with Crippen LogP contribution in [0.4, 0.5) is 0 Å². The van der Waals surface area contributed by atoms with Gasteiger partial charge in [-0.2, -0.15) is 0 Å². The van der Waals surface area contributed by atoms with Crippen LogP contribution in [-0.2, 0) is 13.2 Å². The number of aldehydes is 1. The second-order valence-corrected chi connectivity index (χ2v) is 5.70. The van der Waals surface area contributed by atoms with Crippen LogP contribution in [0, 0.1) is 0 Å². The van der Waals surface area contributed by atoms with Gasteiger partial charge in [0.05, 0.1) is 12.7 Å². The van der Waals surface area contributed by atoms with Crippen molar-refractivity contribution < 1.29 is 19.0 Å². The second-order valence-electron chi connectivity index (χ2n) is 5.70. The van der Waals surface area contributed by atoms with Gasteiger partial charge in [-0.3, -0.25) is 4.79 Å². The molecule has 0 heterocycles. The summed E-state index contributed by atoms with van der Waals surface area (Å²) in [4.78, 5) is 11.1. The summed E-state index contributed by atoms with van der Waals surface area (Å²) in [5, 5.41) is 0. The zero-order valence-electron chi connectivity index (χ0n) is 14.6. The molecule has 4 heteroatoms. The maximum Gasteiger partial charge on any atom is 0.161 e. The van der Waals surface area contributed by atoms with E-state index in [0.717, 1.165) is 17.4 Å². The number of para-hydroxylation sites is 1.